The van der Waals surface area contributed by atoms with Gasteiger partial charge in [-0.2, -0.15) is 0 Å². The van der Waals surface area contributed by atoms with Gasteiger partial charge in [-0.3, -0.25) is 0 Å². The Bertz CT molecular complexity index is 1030. The van der Waals surface area contributed by atoms with Gasteiger partial charge in [0.1, 0.15) is 10.7 Å². The SMILES string of the molecule is Cn1c(CNS(=O)(=O)c2cccc(Cl)c2O)nc2cccc(Cl)c21. The molecule has 0 saturated heterocycles. The van der Waals surface area contributed by atoms with Crippen LogP contribution in [0.2, 0.25) is 10.0 Å². The average Bonchev–Trinajstić information content (AvgIpc) is 2.85. The van der Waals surface area contributed by atoms with Gasteiger partial charge in [-0.15, -0.1) is 0 Å². The Morgan fingerprint density at radius 3 is 2.54 bits per heavy atom. The summed E-state index contributed by atoms with van der Waals surface area (Å²) in [5.74, 6) is 0.00269. The molecule has 24 heavy (non-hydrogen) atoms. The maximum absolute atomic E-state index is 12.4. The molecule has 0 aliphatic rings. The number of imidazole rings is 1. The molecule has 3 aromatic rings. The molecule has 126 valence electrons. The van der Waals surface area contributed by atoms with E-state index in [-0.39, 0.29) is 16.5 Å². The molecule has 0 radical (unpaired) electrons. The Kier molecular flexibility index (Phi) is 4.44. The molecule has 0 aliphatic heterocycles. The van der Waals surface area contributed by atoms with E-state index in [1.54, 1.807) is 29.8 Å². The van der Waals surface area contributed by atoms with Crippen molar-refractivity contribution >= 4 is 44.3 Å². The second-order valence-electron chi connectivity index (χ2n) is 5.11. The van der Waals surface area contributed by atoms with E-state index in [9.17, 15) is 13.5 Å². The fraction of sp³-hybridized carbons (Fsp3) is 0.133. The molecule has 2 N–H and O–H groups in total. The lowest BCUT2D eigenvalue weighted by Gasteiger charge is -2.09. The molecule has 3 rings (SSSR count). The molecule has 1 heterocycles. The van der Waals surface area contributed by atoms with Gasteiger partial charge >= 0.3 is 0 Å². The second-order valence-corrected chi connectivity index (χ2v) is 7.66. The number of aromatic hydroxyl groups is 1. The molecular formula is C15H13Cl2N3O3S. The predicted molar refractivity (Wildman–Crippen MR) is 92.9 cm³/mol. The molecule has 0 saturated carbocycles. The summed E-state index contributed by atoms with van der Waals surface area (Å²) in [7, 11) is -2.20. The number of phenols is 1. The maximum atomic E-state index is 12.4. The van der Waals surface area contributed by atoms with Gasteiger partial charge in [-0.05, 0) is 24.3 Å². The molecule has 1 aromatic heterocycles. The van der Waals surface area contributed by atoms with Crippen LogP contribution in [-0.2, 0) is 23.6 Å². The first kappa shape index (κ1) is 17.0. The molecule has 0 spiro atoms. The number of benzene rings is 2. The summed E-state index contributed by atoms with van der Waals surface area (Å²) < 4.78 is 28.9. The van der Waals surface area contributed by atoms with Gasteiger partial charge in [0.05, 0.1) is 27.6 Å². The molecule has 6 nitrogen and oxygen atoms in total. The summed E-state index contributed by atoms with van der Waals surface area (Å²) in [6.07, 6.45) is 0. The lowest BCUT2D eigenvalue weighted by Crippen LogP contribution is -2.24. The van der Waals surface area contributed by atoms with Crippen LogP contribution in [-0.4, -0.2) is 23.1 Å². The predicted octanol–water partition coefficient (Wildman–Crippen LogP) is 3.06. The Morgan fingerprint density at radius 2 is 1.83 bits per heavy atom. The number of sulfonamides is 1. The smallest absolute Gasteiger partial charge is 0.244 e. The van der Waals surface area contributed by atoms with E-state index in [0.717, 1.165) is 5.52 Å². The van der Waals surface area contributed by atoms with Crippen molar-refractivity contribution in [2.75, 3.05) is 0 Å². The molecule has 0 fully saturated rings. The van der Waals surface area contributed by atoms with Gasteiger partial charge in [0.2, 0.25) is 10.0 Å². The van der Waals surface area contributed by atoms with Gasteiger partial charge in [-0.1, -0.05) is 35.3 Å². The number of rotatable bonds is 4. The number of nitrogens with one attached hydrogen (secondary N) is 1. The fourth-order valence-corrected chi connectivity index (χ4v) is 4.00. The molecule has 9 heteroatoms. The van der Waals surface area contributed by atoms with Crippen molar-refractivity contribution in [3.8, 4) is 5.75 Å². The quantitative estimate of drug-likeness (QED) is 0.722. The van der Waals surface area contributed by atoms with Crippen LogP contribution >= 0.6 is 23.2 Å². The first-order chi connectivity index (χ1) is 11.3. The number of hydrogen-bond acceptors (Lipinski definition) is 4. The topological polar surface area (TPSA) is 84.2 Å². The van der Waals surface area contributed by atoms with Crippen LogP contribution in [0.5, 0.6) is 5.75 Å². The number of para-hydroxylation sites is 2. The van der Waals surface area contributed by atoms with E-state index in [4.69, 9.17) is 23.2 Å². The Balaban J connectivity index is 1.92. The van der Waals surface area contributed by atoms with Crippen molar-refractivity contribution in [1.29, 1.82) is 0 Å². The van der Waals surface area contributed by atoms with Crippen molar-refractivity contribution in [2.45, 2.75) is 11.4 Å². The largest absolute Gasteiger partial charge is 0.505 e. The van der Waals surface area contributed by atoms with Crippen LogP contribution in [0.1, 0.15) is 5.82 Å². The normalized spacial score (nSPS) is 12.0. The monoisotopic (exact) mass is 385 g/mol. The number of nitrogens with zero attached hydrogens (tertiary/aromatic N) is 2. The van der Waals surface area contributed by atoms with E-state index in [1.165, 1.54) is 18.2 Å². The minimum atomic E-state index is -3.95. The molecule has 2 aromatic carbocycles. The maximum Gasteiger partial charge on any atom is 0.244 e. The molecular weight excluding hydrogens is 373 g/mol. The Morgan fingerprint density at radius 1 is 1.17 bits per heavy atom. The van der Waals surface area contributed by atoms with Crippen LogP contribution in [0.4, 0.5) is 0 Å². The summed E-state index contributed by atoms with van der Waals surface area (Å²) in [5, 5.41) is 10.3. The minimum absolute atomic E-state index is 0.0348. The van der Waals surface area contributed by atoms with Crippen molar-refractivity contribution in [3.05, 3.63) is 52.3 Å². The third-order valence-corrected chi connectivity index (χ3v) is 5.64. The third kappa shape index (κ3) is 2.95. The van der Waals surface area contributed by atoms with Gasteiger partial charge in [0, 0.05) is 7.05 Å². The highest BCUT2D eigenvalue weighted by molar-refractivity contribution is 7.89. The van der Waals surface area contributed by atoms with Crippen LogP contribution in [0.15, 0.2) is 41.3 Å². The minimum Gasteiger partial charge on any atom is -0.505 e. The standard InChI is InChI=1S/C15H13Cl2N3O3S/c1-20-13(19-11-6-2-4-9(16)14(11)20)8-18-24(22,23)12-7-3-5-10(17)15(12)21/h2-7,18,21H,8H2,1H3. The molecule has 0 bridgehead atoms. The molecule has 0 amide bonds. The summed E-state index contributed by atoms with van der Waals surface area (Å²) >= 11 is 11.9. The highest BCUT2D eigenvalue weighted by atomic mass is 35.5. The number of aromatic nitrogens is 2. The van der Waals surface area contributed by atoms with Crippen molar-refractivity contribution in [2.24, 2.45) is 7.05 Å². The fourth-order valence-electron chi connectivity index (χ4n) is 2.38. The third-order valence-electron chi connectivity index (χ3n) is 3.60. The zero-order valence-corrected chi connectivity index (χ0v) is 14.8. The van der Waals surface area contributed by atoms with Crippen LogP contribution in [0, 0.1) is 0 Å². The van der Waals surface area contributed by atoms with Crippen LogP contribution in [0.25, 0.3) is 11.0 Å². The van der Waals surface area contributed by atoms with Gasteiger partial charge in [0.15, 0.2) is 5.75 Å². The number of phenolic OH excluding ortho intramolecular Hbond substituents is 1. The number of fused-ring (bicyclic) bond motifs is 1. The van der Waals surface area contributed by atoms with Gasteiger partial charge in [0.25, 0.3) is 0 Å². The highest BCUT2D eigenvalue weighted by Gasteiger charge is 2.21. The number of halogens is 2. The van der Waals surface area contributed by atoms with Crippen molar-refractivity contribution in [1.82, 2.24) is 14.3 Å². The summed E-state index contributed by atoms with van der Waals surface area (Å²) in [5.41, 5.74) is 1.39. The highest BCUT2D eigenvalue weighted by Crippen LogP contribution is 2.30. The number of aryl methyl sites for hydroxylation is 1. The zero-order valence-electron chi connectivity index (χ0n) is 12.5. The lowest BCUT2D eigenvalue weighted by atomic mass is 10.3. The van der Waals surface area contributed by atoms with E-state index < -0.39 is 15.8 Å². The summed E-state index contributed by atoms with van der Waals surface area (Å²) in [6.45, 7) is -0.0597. The van der Waals surface area contributed by atoms with E-state index in [2.05, 4.69) is 9.71 Å². The summed E-state index contributed by atoms with van der Waals surface area (Å²) in [4.78, 5) is 4.09. The lowest BCUT2D eigenvalue weighted by molar-refractivity contribution is 0.458. The Labute approximate surface area is 148 Å². The van der Waals surface area contributed by atoms with E-state index in [0.29, 0.717) is 16.4 Å². The average molecular weight is 386 g/mol. The van der Waals surface area contributed by atoms with Crippen LogP contribution in [0.3, 0.4) is 0 Å². The molecule has 0 unspecified atom stereocenters. The van der Waals surface area contributed by atoms with Crippen molar-refractivity contribution < 1.29 is 13.5 Å². The Hall–Kier alpha value is -1.80. The first-order valence-electron chi connectivity index (χ1n) is 6.88. The molecule has 0 atom stereocenters. The van der Waals surface area contributed by atoms with Crippen molar-refractivity contribution in [3.63, 3.8) is 0 Å². The molecule has 0 aliphatic carbocycles. The van der Waals surface area contributed by atoms with E-state index in [1.807, 2.05) is 0 Å². The second kappa shape index (κ2) is 6.25. The summed E-state index contributed by atoms with van der Waals surface area (Å²) in [6, 6.07) is 9.44. The zero-order chi connectivity index (χ0) is 17.5. The van der Waals surface area contributed by atoms with Gasteiger partial charge in [-0.25, -0.2) is 18.1 Å². The van der Waals surface area contributed by atoms with Crippen LogP contribution < -0.4 is 4.72 Å². The van der Waals surface area contributed by atoms with E-state index >= 15 is 0 Å². The first-order valence-corrected chi connectivity index (χ1v) is 9.12. The van der Waals surface area contributed by atoms with Gasteiger partial charge < -0.3 is 9.67 Å². The number of hydrogen-bond donors (Lipinski definition) is 2.